The van der Waals surface area contributed by atoms with E-state index in [-0.39, 0.29) is 11.7 Å². The van der Waals surface area contributed by atoms with Crippen LogP contribution in [0.4, 0.5) is 0 Å². The third-order valence-corrected chi connectivity index (χ3v) is 6.42. The molecule has 0 unspecified atom stereocenters. The Kier molecular flexibility index (Phi) is 7.76. The standard InChI is InChI=1S/C25H22BrN5O2S/c1-17-8-11-20(12-9-17)31-24(19-6-4-3-5-7-19)29-30-25(31)34-16-23(32)28-27-15-18-10-13-22(33-2)21(26)14-18/h3-15H,16H2,1-2H3,(H,28,32)/b27-15+. The maximum absolute atomic E-state index is 12.4. The van der Waals surface area contributed by atoms with Crippen molar-refractivity contribution in [3.63, 3.8) is 0 Å². The first-order chi connectivity index (χ1) is 16.5. The number of nitrogens with zero attached hydrogens (tertiary/aromatic N) is 4. The Morgan fingerprint density at radius 3 is 2.59 bits per heavy atom. The van der Waals surface area contributed by atoms with E-state index in [1.807, 2.05) is 84.3 Å². The summed E-state index contributed by atoms with van der Waals surface area (Å²) in [4.78, 5) is 12.4. The van der Waals surface area contributed by atoms with Crippen LogP contribution in [0.25, 0.3) is 17.1 Å². The highest BCUT2D eigenvalue weighted by molar-refractivity contribution is 9.10. The minimum Gasteiger partial charge on any atom is -0.496 e. The smallest absolute Gasteiger partial charge is 0.250 e. The van der Waals surface area contributed by atoms with Crippen LogP contribution in [-0.2, 0) is 4.79 Å². The highest BCUT2D eigenvalue weighted by Gasteiger charge is 2.17. The average molecular weight is 536 g/mol. The zero-order valence-corrected chi connectivity index (χ0v) is 21.0. The lowest BCUT2D eigenvalue weighted by atomic mass is 10.2. The second kappa shape index (κ2) is 11.1. The van der Waals surface area contributed by atoms with E-state index in [1.165, 1.54) is 11.8 Å². The van der Waals surface area contributed by atoms with Crippen LogP contribution in [0.1, 0.15) is 11.1 Å². The predicted octanol–water partition coefficient (Wildman–Crippen LogP) is 5.26. The molecule has 1 amide bonds. The van der Waals surface area contributed by atoms with Gasteiger partial charge in [0.15, 0.2) is 11.0 Å². The van der Waals surface area contributed by atoms with E-state index < -0.39 is 0 Å². The number of nitrogens with one attached hydrogen (secondary N) is 1. The summed E-state index contributed by atoms with van der Waals surface area (Å²) in [6.07, 6.45) is 1.58. The normalized spacial score (nSPS) is 11.0. The molecule has 1 heterocycles. The lowest BCUT2D eigenvalue weighted by Gasteiger charge is -2.10. The molecule has 172 valence electrons. The Balaban J connectivity index is 1.47. The van der Waals surface area contributed by atoms with E-state index >= 15 is 0 Å². The quantitative estimate of drug-likeness (QED) is 0.189. The summed E-state index contributed by atoms with van der Waals surface area (Å²) in [7, 11) is 1.61. The molecule has 0 radical (unpaired) electrons. The first-order valence-corrected chi connectivity index (χ1v) is 12.2. The maximum atomic E-state index is 12.4. The van der Waals surface area contributed by atoms with Gasteiger partial charge in [-0.05, 0) is 58.7 Å². The number of hydrazone groups is 1. The van der Waals surface area contributed by atoms with Gasteiger partial charge in [0.05, 0.1) is 23.5 Å². The Labute approximate surface area is 210 Å². The molecule has 7 nitrogen and oxygen atoms in total. The summed E-state index contributed by atoms with van der Waals surface area (Å²) in [6.45, 7) is 2.04. The number of ether oxygens (including phenoxy) is 1. The monoisotopic (exact) mass is 535 g/mol. The Bertz CT molecular complexity index is 1310. The summed E-state index contributed by atoms with van der Waals surface area (Å²) < 4.78 is 7.99. The summed E-state index contributed by atoms with van der Waals surface area (Å²) in [6, 6.07) is 23.5. The molecule has 4 rings (SSSR count). The van der Waals surface area contributed by atoms with Gasteiger partial charge in [-0.3, -0.25) is 9.36 Å². The zero-order valence-electron chi connectivity index (χ0n) is 18.6. The Morgan fingerprint density at radius 2 is 1.88 bits per heavy atom. The van der Waals surface area contributed by atoms with Gasteiger partial charge in [-0.2, -0.15) is 5.10 Å². The number of amides is 1. The third-order valence-electron chi connectivity index (χ3n) is 4.87. The molecule has 0 spiro atoms. The molecule has 3 aromatic carbocycles. The SMILES string of the molecule is COc1ccc(/C=N/NC(=O)CSc2nnc(-c3ccccc3)n2-c2ccc(C)cc2)cc1Br. The molecule has 0 bridgehead atoms. The minimum absolute atomic E-state index is 0.141. The molecule has 9 heteroatoms. The number of halogens is 1. The Morgan fingerprint density at radius 1 is 1.12 bits per heavy atom. The molecule has 1 aromatic heterocycles. The molecule has 0 aliphatic heterocycles. The highest BCUT2D eigenvalue weighted by Crippen LogP contribution is 2.28. The lowest BCUT2D eigenvalue weighted by Crippen LogP contribution is -2.20. The first kappa shape index (κ1) is 23.7. The van der Waals surface area contributed by atoms with Gasteiger partial charge in [-0.1, -0.05) is 59.8 Å². The maximum Gasteiger partial charge on any atom is 0.250 e. The van der Waals surface area contributed by atoms with Gasteiger partial charge in [0.1, 0.15) is 5.75 Å². The number of rotatable bonds is 8. The second-order valence-electron chi connectivity index (χ2n) is 7.32. The number of methoxy groups -OCH3 is 1. The topological polar surface area (TPSA) is 81.4 Å². The molecule has 0 saturated carbocycles. The van der Waals surface area contributed by atoms with E-state index in [0.717, 1.165) is 38.4 Å². The van der Waals surface area contributed by atoms with Crippen molar-refractivity contribution in [2.75, 3.05) is 12.9 Å². The van der Waals surface area contributed by atoms with Crippen LogP contribution >= 0.6 is 27.7 Å². The second-order valence-corrected chi connectivity index (χ2v) is 9.12. The first-order valence-electron chi connectivity index (χ1n) is 10.4. The zero-order chi connectivity index (χ0) is 23.9. The van der Waals surface area contributed by atoms with Crippen LogP contribution in [0.3, 0.4) is 0 Å². The molecule has 0 aliphatic carbocycles. The van der Waals surface area contributed by atoms with Crippen LogP contribution in [0.5, 0.6) is 5.75 Å². The summed E-state index contributed by atoms with van der Waals surface area (Å²) in [5, 5.41) is 13.4. The molecule has 0 fully saturated rings. The number of aromatic nitrogens is 3. The van der Waals surface area contributed by atoms with Crippen molar-refractivity contribution in [2.45, 2.75) is 12.1 Å². The summed E-state index contributed by atoms with van der Waals surface area (Å²) in [5.74, 6) is 1.34. The molecular weight excluding hydrogens is 514 g/mol. The number of hydrogen-bond acceptors (Lipinski definition) is 6. The molecular formula is C25H22BrN5O2S. The number of aryl methyl sites for hydroxylation is 1. The molecule has 34 heavy (non-hydrogen) atoms. The van der Waals surface area contributed by atoms with Crippen molar-refractivity contribution in [2.24, 2.45) is 5.10 Å². The van der Waals surface area contributed by atoms with E-state index in [0.29, 0.717) is 5.16 Å². The van der Waals surface area contributed by atoms with Crippen LogP contribution in [0.2, 0.25) is 0 Å². The molecule has 0 aliphatic rings. The largest absolute Gasteiger partial charge is 0.496 e. The number of thioether (sulfide) groups is 1. The molecule has 4 aromatic rings. The fraction of sp³-hybridized carbons (Fsp3) is 0.120. The van der Waals surface area contributed by atoms with Crippen molar-refractivity contribution in [3.05, 3.63) is 88.4 Å². The van der Waals surface area contributed by atoms with Crippen molar-refractivity contribution in [3.8, 4) is 22.8 Å². The van der Waals surface area contributed by atoms with Gasteiger partial charge in [0.25, 0.3) is 5.91 Å². The highest BCUT2D eigenvalue weighted by atomic mass is 79.9. The van der Waals surface area contributed by atoms with Gasteiger partial charge >= 0.3 is 0 Å². The number of carbonyl (C=O) groups excluding carboxylic acids is 1. The van der Waals surface area contributed by atoms with Gasteiger partial charge in [-0.15, -0.1) is 10.2 Å². The minimum atomic E-state index is -0.242. The fourth-order valence-corrected chi connectivity index (χ4v) is 4.47. The number of carbonyl (C=O) groups is 1. The lowest BCUT2D eigenvalue weighted by molar-refractivity contribution is -0.118. The van der Waals surface area contributed by atoms with Crippen molar-refractivity contribution in [1.29, 1.82) is 0 Å². The molecule has 1 N–H and O–H groups in total. The van der Waals surface area contributed by atoms with Crippen LogP contribution < -0.4 is 10.2 Å². The van der Waals surface area contributed by atoms with Crippen molar-refractivity contribution in [1.82, 2.24) is 20.2 Å². The fourth-order valence-electron chi connectivity index (χ4n) is 3.17. The summed E-state index contributed by atoms with van der Waals surface area (Å²) in [5.41, 5.74) is 6.42. The number of hydrogen-bond donors (Lipinski definition) is 1. The van der Waals surface area contributed by atoms with E-state index in [2.05, 4.69) is 36.7 Å². The third kappa shape index (κ3) is 5.73. The van der Waals surface area contributed by atoms with E-state index in [9.17, 15) is 4.79 Å². The predicted molar refractivity (Wildman–Crippen MR) is 139 cm³/mol. The van der Waals surface area contributed by atoms with Gasteiger partial charge in [-0.25, -0.2) is 5.43 Å². The number of benzene rings is 3. The van der Waals surface area contributed by atoms with Crippen LogP contribution in [0.15, 0.2) is 87.5 Å². The van der Waals surface area contributed by atoms with Gasteiger partial charge < -0.3 is 4.74 Å². The van der Waals surface area contributed by atoms with E-state index in [4.69, 9.17) is 4.74 Å². The van der Waals surface area contributed by atoms with Crippen molar-refractivity contribution >= 4 is 39.8 Å². The molecule has 0 saturated heterocycles. The average Bonchev–Trinajstić information content (AvgIpc) is 3.28. The van der Waals surface area contributed by atoms with Gasteiger partial charge in [0, 0.05) is 11.3 Å². The van der Waals surface area contributed by atoms with Crippen LogP contribution in [0, 0.1) is 6.92 Å². The van der Waals surface area contributed by atoms with Crippen molar-refractivity contribution < 1.29 is 9.53 Å². The van der Waals surface area contributed by atoms with E-state index in [1.54, 1.807) is 13.3 Å². The summed E-state index contributed by atoms with van der Waals surface area (Å²) >= 11 is 4.74. The van der Waals surface area contributed by atoms with Gasteiger partial charge in [0.2, 0.25) is 0 Å². The molecule has 0 atom stereocenters. The Hall–Kier alpha value is -3.43. The van der Waals surface area contributed by atoms with Crippen LogP contribution in [-0.4, -0.2) is 39.7 Å².